The number of nitrogens with zero attached hydrogens (tertiary/aromatic N) is 1. The number of sulfone groups is 1. The van der Waals surface area contributed by atoms with Gasteiger partial charge in [0, 0.05) is 29.4 Å². The van der Waals surface area contributed by atoms with Gasteiger partial charge in [-0.15, -0.1) is 0 Å². The molecule has 7 heteroatoms. The second-order valence-electron chi connectivity index (χ2n) is 3.57. The molecule has 0 saturated heterocycles. The summed E-state index contributed by atoms with van der Waals surface area (Å²) in [6.45, 7) is 0. The van der Waals surface area contributed by atoms with E-state index in [1.54, 1.807) is 18.2 Å². The van der Waals surface area contributed by atoms with Crippen molar-refractivity contribution < 1.29 is 13.3 Å². The highest BCUT2D eigenvalue weighted by Crippen LogP contribution is 2.22. The predicted octanol–water partition coefficient (Wildman–Crippen LogP) is 1.87. The molecule has 0 aliphatic heterocycles. The van der Waals surface area contributed by atoms with Crippen molar-refractivity contribution in [1.82, 2.24) is 0 Å². The van der Waals surface area contributed by atoms with E-state index in [1.165, 1.54) is 24.1 Å². The SMILES string of the molecule is CS(=O)(=O)CCSCc1ccccc1[N+](=O)[O-]. The standard InChI is InChI=1S/C10H13NO4S2/c1-17(14,15)7-6-16-8-9-4-2-3-5-10(9)11(12)13/h2-5H,6-8H2,1H3. The summed E-state index contributed by atoms with van der Waals surface area (Å²) in [6, 6.07) is 6.49. The maximum Gasteiger partial charge on any atom is 0.273 e. The number of nitro benzene ring substituents is 1. The van der Waals surface area contributed by atoms with Crippen LogP contribution in [0.3, 0.4) is 0 Å². The summed E-state index contributed by atoms with van der Waals surface area (Å²) in [5, 5.41) is 10.7. The average molecular weight is 275 g/mol. The molecule has 0 radical (unpaired) electrons. The van der Waals surface area contributed by atoms with Crippen molar-refractivity contribution in [2.45, 2.75) is 5.75 Å². The van der Waals surface area contributed by atoms with Gasteiger partial charge in [0.15, 0.2) is 0 Å². The number of benzene rings is 1. The lowest BCUT2D eigenvalue weighted by Gasteiger charge is -2.02. The first-order valence-electron chi connectivity index (χ1n) is 4.88. The van der Waals surface area contributed by atoms with Crippen LogP contribution in [0.15, 0.2) is 24.3 Å². The number of thioether (sulfide) groups is 1. The van der Waals surface area contributed by atoms with Gasteiger partial charge in [-0.2, -0.15) is 11.8 Å². The van der Waals surface area contributed by atoms with Gasteiger partial charge in [-0.3, -0.25) is 10.1 Å². The number of hydrogen-bond acceptors (Lipinski definition) is 5. The van der Waals surface area contributed by atoms with Crippen LogP contribution in [0.1, 0.15) is 5.56 Å². The van der Waals surface area contributed by atoms with Gasteiger partial charge < -0.3 is 0 Å². The monoisotopic (exact) mass is 275 g/mol. The van der Waals surface area contributed by atoms with Crippen molar-refractivity contribution in [1.29, 1.82) is 0 Å². The van der Waals surface area contributed by atoms with E-state index in [4.69, 9.17) is 0 Å². The first-order valence-corrected chi connectivity index (χ1v) is 8.09. The summed E-state index contributed by atoms with van der Waals surface area (Å²) >= 11 is 1.38. The molecule has 0 amide bonds. The Morgan fingerprint density at radius 1 is 1.35 bits per heavy atom. The van der Waals surface area contributed by atoms with Crippen LogP contribution in [0.25, 0.3) is 0 Å². The van der Waals surface area contributed by atoms with Crippen molar-refractivity contribution in [2.75, 3.05) is 17.8 Å². The van der Waals surface area contributed by atoms with E-state index in [1.807, 2.05) is 0 Å². The van der Waals surface area contributed by atoms with Gasteiger partial charge in [-0.05, 0) is 0 Å². The van der Waals surface area contributed by atoms with E-state index < -0.39 is 14.8 Å². The fourth-order valence-corrected chi connectivity index (χ4v) is 3.49. The molecule has 1 rings (SSSR count). The Balaban J connectivity index is 2.55. The normalized spacial score (nSPS) is 11.4. The Morgan fingerprint density at radius 3 is 2.59 bits per heavy atom. The zero-order chi connectivity index (χ0) is 12.9. The third-order valence-corrected chi connectivity index (χ3v) is 4.26. The molecule has 0 aromatic heterocycles. The van der Waals surface area contributed by atoms with Gasteiger partial charge >= 0.3 is 0 Å². The smallest absolute Gasteiger partial charge is 0.258 e. The maximum absolute atomic E-state index is 10.9. The highest BCUT2D eigenvalue weighted by molar-refractivity contribution is 7.99. The molecule has 94 valence electrons. The lowest BCUT2D eigenvalue weighted by atomic mass is 10.2. The minimum absolute atomic E-state index is 0.0827. The summed E-state index contributed by atoms with van der Waals surface area (Å²) in [4.78, 5) is 10.3. The van der Waals surface area contributed by atoms with Crippen LogP contribution in [0.2, 0.25) is 0 Å². The van der Waals surface area contributed by atoms with Gasteiger partial charge in [0.05, 0.1) is 10.7 Å². The van der Waals surface area contributed by atoms with Gasteiger partial charge in [0.2, 0.25) is 0 Å². The van der Waals surface area contributed by atoms with Gasteiger partial charge in [0.25, 0.3) is 5.69 Å². The Hall–Kier alpha value is -1.08. The summed E-state index contributed by atoms with van der Waals surface area (Å²) in [6.07, 6.45) is 1.18. The fraction of sp³-hybridized carbons (Fsp3) is 0.400. The van der Waals surface area contributed by atoms with Crippen LogP contribution in [0.4, 0.5) is 5.69 Å². The molecule has 0 aliphatic rings. The first kappa shape index (κ1) is 14.0. The van der Waals surface area contributed by atoms with Gasteiger partial charge in [-0.25, -0.2) is 8.42 Å². The maximum atomic E-state index is 10.9. The highest BCUT2D eigenvalue weighted by Gasteiger charge is 2.12. The van der Waals surface area contributed by atoms with E-state index in [-0.39, 0.29) is 11.4 Å². The van der Waals surface area contributed by atoms with Crippen LogP contribution < -0.4 is 0 Å². The molecule has 0 atom stereocenters. The quantitative estimate of drug-likeness (QED) is 0.450. The van der Waals surface area contributed by atoms with E-state index in [9.17, 15) is 18.5 Å². The van der Waals surface area contributed by atoms with Crippen molar-refractivity contribution in [3.05, 3.63) is 39.9 Å². The third kappa shape index (κ3) is 5.18. The lowest BCUT2D eigenvalue weighted by molar-refractivity contribution is -0.385. The predicted molar refractivity (Wildman–Crippen MR) is 69.0 cm³/mol. The van der Waals surface area contributed by atoms with Crippen LogP contribution >= 0.6 is 11.8 Å². The third-order valence-electron chi connectivity index (χ3n) is 2.04. The molecule has 0 heterocycles. The molecule has 1 aromatic carbocycles. The van der Waals surface area contributed by atoms with Crippen molar-refractivity contribution >= 4 is 27.3 Å². The Morgan fingerprint density at radius 2 is 2.00 bits per heavy atom. The molecule has 1 aromatic rings. The molecule has 0 aliphatic carbocycles. The zero-order valence-corrected chi connectivity index (χ0v) is 11.0. The number of rotatable bonds is 6. The molecule has 0 fully saturated rings. The van der Waals surface area contributed by atoms with Crippen molar-refractivity contribution in [3.8, 4) is 0 Å². The summed E-state index contributed by atoms with van der Waals surface area (Å²) < 4.78 is 21.8. The van der Waals surface area contributed by atoms with Crippen LogP contribution in [0, 0.1) is 10.1 Å². The molecular weight excluding hydrogens is 262 g/mol. The molecule has 0 saturated carbocycles. The summed E-state index contributed by atoms with van der Waals surface area (Å²) in [7, 11) is -2.96. The zero-order valence-electron chi connectivity index (χ0n) is 9.33. The summed E-state index contributed by atoms with van der Waals surface area (Å²) in [5.41, 5.74) is 0.704. The molecule has 0 spiro atoms. The largest absolute Gasteiger partial charge is 0.273 e. The van der Waals surface area contributed by atoms with Crippen molar-refractivity contribution in [2.24, 2.45) is 0 Å². The molecule has 17 heavy (non-hydrogen) atoms. The fourth-order valence-electron chi connectivity index (χ4n) is 1.20. The van der Waals surface area contributed by atoms with Crippen LogP contribution in [-0.4, -0.2) is 31.1 Å². The van der Waals surface area contributed by atoms with E-state index in [0.29, 0.717) is 17.1 Å². The topological polar surface area (TPSA) is 77.3 Å². The van der Waals surface area contributed by atoms with Crippen LogP contribution in [-0.2, 0) is 15.6 Å². The Bertz CT molecular complexity index is 499. The first-order chi connectivity index (χ1) is 7.90. The van der Waals surface area contributed by atoms with Gasteiger partial charge in [0.1, 0.15) is 9.84 Å². The second kappa shape index (κ2) is 6.02. The molecule has 0 bridgehead atoms. The van der Waals surface area contributed by atoms with Crippen molar-refractivity contribution in [3.63, 3.8) is 0 Å². The van der Waals surface area contributed by atoms with Crippen LogP contribution in [0.5, 0.6) is 0 Å². The molecule has 5 nitrogen and oxygen atoms in total. The minimum atomic E-state index is -2.96. The average Bonchev–Trinajstić information content (AvgIpc) is 2.23. The Labute approximate surface area is 104 Å². The Kier molecular flexibility index (Phi) is 4.95. The van der Waals surface area contributed by atoms with E-state index in [0.717, 1.165) is 0 Å². The molecule has 0 unspecified atom stereocenters. The lowest BCUT2D eigenvalue weighted by Crippen LogP contribution is -2.05. The second-order valence-corrected chi connectivity index (χ2v) is 6.93. The molecule has 0 N–H and O–H groups in total. The highest BCUT2D eigenvalue weighted by atomic mass is 32.2. The number of hydrogen-bond donors (Lipinski definition) is 0. The van der Waals surface area contributed by atoms with Gasteiger partial charge in [-0.1, -0.05) is 18.2 Å². The summed E-state index contributed by atoms with van der Waals surface area (Å²) in [5.74, 6) is 0.996. The molecular formula is C10H13NO4S2. The minimum Gasteiger partial charge on any atom is -0.258 e. The van der Waals surface area contributed by atoms with E-state index in [2.05, 4.69) is 0 Å². The number of nitro groups is 1. The van der Waals surface area contributed by atoms with E-state index >= 15 is 0 Å². The number of para-hydroxylation sites is 1.